The number of aromatic nitrogens is 3. The monoisotopic (exact) mass is 384 g/mol. The zero-order valence-corrected chi connectivity index (χ0v) is 16.5. The Morgan fingerprint density at radius 2 is 2.10 bits per heavy atom. The molecule has 5 rings (SSSR count). The Morgan fingerprint density at radius 1 is 1.24 bits per heavy atom. The number of hydrogen-bond donors (Lipinski definition) is 2. The van der Waals surface area contributed by atoms with Crippen LogP contribution in [0.3, 0.4) is 0 Å². The van der Waals surface area contributed by atoms with Gasteiger partial charge in [-0.3, -0.25) is 4.79 Å². The quantitative estimate of drug-likeness (QED) is 0.531. The number of amides is 1. The summed E-state index contributed by atoms with van der Waals surface area (Å²) in [7, 11) is 0. The maximum absolute atomic E-state index is 13.0. The van der Waals surface area contributed by atoms with Gasteiger partial charge in [0.05, 0.1) is 17.4 Å². The molecule has 0 saturated heterocycles. The van der Waals surface area contributed by atoms with Crippen LogP contribution in [0.4, 0.5) is 5.69 Å². The highest BCUT2D eigenvalue weighted by atomic mass is 16.1. The third-order valence-corrected chi connectivity index (χ3v) is 5.85. The summed E-state index contributed by atoms with van der Waals surface area (Å²) in [5.41, 5.74) is 6.30. The van der Waals surface area contributed by atoms with Gasteiger partial charge in [0.25, 0.3) is 5.91 Å². The summed E-state index contributed by atoms with van der Waals surface area (Å²) in [5.74, 6) is 0.615. The van der Waals surface area contributed by atoms with Crippen molar-refractivity contribution in [3.63, 3.8) is 0 Å². The molecule has 29 heavy (non-hydrogen) atoms. The number of imidazole rings is 1. The molecule has 1 unspecified atom stereocenters. The fourth-order valence-corrected chi connectivity index (χ4v) is 4.29. The van der Waals surface area contributed by atoms with Gasteiger partial charge in [0, 0.05) is 35.7 Å². The first-order valence-corrected chi connectivity index (χ1v) is 10.2. The van der Waals surface area contributed by atoms with Crippen molar-refractivity contribution in [2.24, 2.45) is 5.92 Å². The predicted molar refractivity (Wildman–Crippen MR) is 115 cm³/mol. The molecule has 2 heterocycles. The van der Waals surface area contributed by atoms with E-state index in [1.54, 1.807) is 12.5 Å². The van der Waals surface area contributed by atoms with E-state index in [-0.39, 0.29) is 5.91 Å². The van der Waals surface area contributed by atoms with Gasteiger partial charge in [-0.05, 0) is 54.5 Å². The first-order chi connectivity index (χ1) is 14.2. The van der Waals surface area contributed by atoms with Gasteiger partial charge in [-0.15, -0.1) is 0 Å². The normalized spacial score (nSPS) is 16.0. The number of benzene rings is 2. The van der Waals surface area contributed by atoms with Gasteiger partial charge in [0.2, 0.25) is 0 Å². The largest absolute Gasteiger partial charge is 0.358 e. The average molecular weight is 384 g/mol. The molecule has 1 aliphatic carbocycles. The molecule has 1 amide bonds. The van der Waals surface area contributed by atoms with Crippen molar-refractivity contribution >= 4 is 22.5 Å². The highest BCUT2D eigenvalue weighted by Crippen LogP contribution is 2.33. The zero-order valence-electron chi connectivity index (χ0n) is 16.5. The van der Waals surface area contributed by atoms with Crippen molar-refractivity contribution in [1.29, 1.82) is 0 Å². The number of nitrogens with one attached hydrogen (secondary N) is 2. The number of carbonyl (C=O) groups excluding carboxylic acids is 1. The van der Waals surface area contributed by atoms with E-state index in [0.29, 0.717) is 11.5 Å². The van der Waals surface area contributed by atoms with Crippen LogP contribution in [0.5, 0.6) is 0 Å². The minimum Gasteiger partial charge on any atom is -0.358 e. The Bertz CT molecular complexity index is 1160. The second kappa shape index (κ2) is 7.24. The van der Waals surface area contributed by atoms with Gasteiger partial charge in [-0.25, -0.2) is 4.98 Å². The minimum absolute atomic E-state index is 0.0791. The Morgan fingerprint density at radius 3 is 2.90 bits per heavy atom. The van der Waals surface area contributed by atoms with Crippen LogP contribution in [0.15, 0.2) is 61.2 Å². The smallest absolute Gasteiger partial charge is 0.257 e. The van der Waals surface area contributed by atoms with Crippen molar-refractivity contribution in [2.75, 3.05) is 5.32 Å². The molecule has 0 bridgehead atoms. The van der Waals surface area contributed by atoms with E-state index in [2.05, 4.69) is 28.3 Å². The highest BCUT2D eigenvalue weighted by Gasteiger charge is 2.22. The Balaban J connectivity index is 1.37. The van der Waals surface area contributed by atoms with E-state index in [1.165, 1.54) is 23.1 Å². The number of anilines is 1. The minimum atomic E-state index is -0.0791. The molecule has 0 spiro atoms. The van der Waals surface area contributed by atoms with Crippen molar-refractivity contribution < 1.29 is 4.79 Å². The number of para-hydroxylation sites is 1. The van der Waals surface area contributed by atoms with E-state index in [9.17, 15) is 4.79 Å². The van der Waals surface area contributed by atoms with Gasteiger partial charge in [-0.2, -0.15) is 0 Å². The molecule has 1 aliphatic rings. The molecule has 2 aromatic heterocycles. The van der Waals surface area contributed by atoms with Crippen LogP contribution in [0, 0.1) is 5.92 Å². The van der Waals surface area contributed by atoms with Gasteiger partial charge in [-0.1, -0.05) is 31.2 Å². The summed E-state index contributed by atoms with van der Waals surface area (Å²) in [5, 5.41) is 4.24. The lowest BCUT2D eigenvalue weighted by molar-refractivity contribution is 0.102. The molecule has 2 N–H and O–H groups in total. The SMILES string of the molecule is CC1CCc2[nH]c3c(C(=O)Nc4ccc(Cn5ccnc5)cc4)cccc3c2C1. The number of aromatic amines is 1. The fraction of sp³-hybridized carbons (Fsp3) is 0.250. The van der Waals surface area contributed by atoms with E-state index in [4.69, 9.17) is 0 Å². The molecule has 0 aliphatic heterocycles. The van der Waals surface area contributed by atoms with Crippen LogP contribution < -0.4 is 5.32 Å². The predicted octanol–water partition coefficient (Wildman–Crippen LogP) is 4.79. The van der Waals surface area contributed by atoms with Crippen LogP contribution in [0.2, 0.25) is 0 Å². The number of aryl methyl sites for hydroxylation is 1. The van der Waals surface area contributed by atoms with Crippen LogP contribution in [-0.4, -0.2) is 20.4 Å². The van der Waals surface area contributed by atoms with E-state index in [0.717, 1.165) is 36.2 Å². The molecule has 5 heteroatoms. The molecule has 5 nitrogen and oxygen atoms in total. The lowest BCUT2D eigenvalue weighted by Gasteiger charge is -2.17. The first kappa shape index (κ1) is 17.7. The zero-order chi connectivity index (χ0) is 19.8. The summed E-state index contributed by atoms with van der Waals surface area (Å²) in [4.78, 5) is 20.6. The third kappa shape index (κ3) is 3.44. The van der Waals surface area contributed by atoms with Crippen LogP contribution in [-0.2, 0) is 19.4 Å². The van der Waals surface area contributed by atoms with Crippen molar-refractivity contribution in [3.8, 4) is 0 Å². The average Bonchev–Trinajstić information content (AvgIpc) is 3.36. The second-order valence-electron chi connectivity index (χ2n) is 8.04. The number of nitrogens with zero attached hydrogens (tertiary/aromatic N) is 2. The maximum atomic E-state index is 13.0. The topological polar surface area (TPSA) is 62.7 Å². The maximum Gasteiger partial charge on any atom is 0.257 e. The molecule has 4 aromatic rings. The Labute approximate surface area is 169 Å². The summed E-state index contributed by atoms with van der Waals surface area (Å²) in [6.07, 6.45) is 8.85. The fourth-order valence-electron chi connectivity index (χ4n) is 4.29. The van der Waals surface area contributed by atoms with E-state index in [1.807, 2.05) is 47.2 Å². The molecular weight excluding hydrogens is 360 g/mol. The van der Waals surface area contributed by atoms with Crippen LogP contribution in [0.25, 0.3) is 10.9 Å². The third-order valence-electron chi connectivity index (χ3n) is 5.85. The molecule has 0 radical (unpaired) electrons. The van der Waals surface area contributed by atoms with E-state index >= 15 is 0 Å². The molecule has 146 valence electrons. The first-order valence-electron chi connectivity index (χ1n) is 10.2. The van der Waals surface area contributed by atoms with E-state index < -0.39 is 0 Å². The van der Waals surface area contributed by atoms with Crippen LogP contribution in [0.1, 0.15) is 40.5 Å². The summed E-state index contributed by atoms with van der Waals surface area (Å²) in [6, 6.07) is 14.0. The number of rotatable bonds is 4. The Hall–Kier alpha value is -3.34. The number of fused-ring (bicyclic) bond motifs is 3. The van der Waals surface area contributed by atoms with Gasteiger partial charge >= 0.3 is 0 Å². The molecule has 2 aromatic carbocycles. The molecular formula is C24H24N4O. The van der Waals surface area contributed by atoms with Gasteiger partial charge in [0.1, 0.15) is 0 Å². The van der Waals surface area contributed by atoms with Crippen LogP contribution >= 0.6 is 0 Å². The highest BCUT2D eigenvalue weighted by molar-refractivity contribution is 6.12. The lowest BCUT2D eigenvalue weighted by Crippen LogP contribution is -2.12. The number of hydrogen-bond acceptors (Lipinski definition) is 2. The molecule has 0 saturated carbocycles. The Kier molecular flexibility index (Phi) is 4.43. The number of H-pyrrole nitrogens is 1. The summed E-state index contributed by atoms with van der Waals surface area (Å²) < 4.78 is 2.02. The molecule has 0 fully saturated rings. The van der Waals surface area contributed by atoms with Crippen molar-refractivity contribution in [2.45, 2.75) is 32.7 Å². The number of carbonyl (C=O) groups is 1. The van der Waals surface area contributed by atoms with Crippen molar-refractivity contribution in [3.05, 3.63) is 83.6 Å². The van der Waals surface area contributed by atoms with Gasteiger partial charge in [0.15, 0.2) is 0 Å². The second-order valence-corrected chi connectivity index (χ2v) is 8.04. The standard InChI is InChI=1S/C24H24N4O/c1-16-5-10-22-21(13-16)19-3-2-4-20(23(19)27-22)24(29)26-18-8-6-17(7-9-18)14-28-12-11-25-15-28/h2-4,6-9,11-12,15-16,27H,5,10,13-14H2,1H3,(H,26,29). The van der Waals surface area contributed by atoms with Crippen molar-refractivity contribution in [1.82, 2.24) is 14.5 Å². The summed E-state index contributed by atoms with van der Waals surface area (Å²) >= 11 is 0. The lowest BCUT2D eigenvalue weighted by atomic mass is 9.87. The molecule has 1 atom stereocenters. The summed E-state index contributed by atoms with van der Waals surface area (Å²) in [6.45, 7) is 3.06. The van der Waals surface area contributed by atoms with Gasteiger partial charge < -0.3 is 14.9 Å².